The van der Waals surface area contributed by atoms with Crippen LogP contribution in [-0.2, 0) is 0 Å². The van der Waals surface area contributed by atoms with Gasteiger partial charge in [-0.15, -0.1) is 0 Å². The molecule has 16 heavy (non-hydrogen) atoms. The van der Waals surface area contributed by atoms with Gasteiger partial charge in [0.2, 0.25) is 0 Å². The fraction of sp³-hybridized carbons (Fsp3) is 0.583. The van der Waals surface area contributed by atoms with E-state index in [0.29, 0.717) is 0 Å². The average Bonchev–Trinajstić information content (AvgIpc) is 2.35. The van der Waals surface area contributed by atoms with E-state index >= 15 is 0 Å². The van der Waals surface area contributed by atoms with E-state index in [1.807, 2.05) is 24.0 Å². The third kappa shape index (κ3) is 3.68. The molecule has 0 fully saturated rings. The first kappa shape index (κ1) is 13.3. The van der Waals surface area contributed by atoms with Crippen LogP contribution in [0.5, 0.6) is 0 Å². The molecule has 4 heteroatoms. The van der Waals surface area contributed by atoms with E-state index in [0.717, 1.165) is 30.1 Å². The van der Waals surface area contributed by atoms with Gasteiger partial charge in [0, 0.05) is 25.4 Å². The van der Waals surface area contributed by atoms with Crippen LogP contribution < -0.4 is 10.6 Å². The molecule has 0 aliphatic carbocycles. The Morgan fingerprint density at radius 2 is 2.25 bits per heavy atom. The molecule has 0 radical (unpaired) electrons. The molecule has 90 valence electrons. The Bertz CT molecular complexity index is 300. The SMILES string of the molecule is CC[C@@H](N)c1ccc(N(C)CCSC)cn1. The van der Waals surface area contributed by atoms with Crippen molar-refractivity contribution < 1.29 is 0 Å². The number of nitrogens with two attached hydrogens (primary N) is 1. The molecule has 0 aliphatic heterocycles. The Morgan fingerprint density at radius 1 is 1.50 bits per heavy atom. The number of anilines is 1. The molecular formula is C12H21N3S. The van der Waals surface area contributed by atoms with E-state index in [-0.39, 0.29) is 6.04 Å². The zero-order valence-corrected chi connectivity index (χ0v) is 11.1. The predicted molar refractivity (Wildman–Crippen MR) is 73.1 cm³/mol. The summed E-state index contributed by atoms with van der Waals surface area (Å²) in [5.41, 5.74) is 8.05. The molecule has 0 spiro atoms. The topological polar surface area (TPSA) is 42.1 Å². The lowest BCUT2D eigenvalue weighted by atomic mass is 10.1. The number of hydrogen-bond acceptors (Lipinski definition) is 4. The first-order chi connectivity index (χ1) is 7.69. The number of rotatable bonds is 6. The molecule has 0 unspecified atom stereocenters. The van der Waals surface area contributed by atoms with Crippen molar-refractivity contribution in [1.29, 1.82) is 0 Å². The lowest BCUT2D eigenvalue weighted by Gasteiger charge is -2.19. The van der Waals surface area contributed by atoms with Crippen molar-refractivity contribution in [3.8, 4) is 0 Å². The van der Waals surface area contributed by atoms with Gasteiger partial charge >= 0.3 is 0 Å². The van der Waals surface area contributed by atoms with Crippen LogP contribution in [-0.4, -0.2) is 30.6 Å². The predicted octanol–water partition coefficient (Wildman–Crippen LogP) is 2.29. The third-order valence-corrected chi connectivity index (χ3v) is 3.25. The molecule has 0 aromatic carbocycles. The Labute approximate surface area is 102 Å². The summed E-state index contributed by atoms with van der Waals surface area (Å²) in [5.74, 6) is 1.13. The number of thioether (sulfide) groups is 1. The molecule has 1 rings (SSSR count). The second-order valence-electron chi connectivity index (χ2n) is 3.87. The minimum absolute atomic E-state index is 0.0607. The smallest absolute Gasteiger partial charge is 0.0572 e. The van der Waals surface area contributed by atoms with Gasteiger partial charge < -0.3 is 10.6 Å². The second kappa shape index (κ2) is 6.76. The van der Waals surface area contributed by atoms with E-state index in [1.54, 1.807) is 0 Å². The highest BCUT2D eigenvalue weighted by atomic mass is 32.2. The van der Waals surface area contributed by atoms with E-state index in [2.05, 4.69) is 36.2 Å². The van der Waals surface area contributed by atoms with Crippen LogP contribution in [0.2, 0.25) is 0 Å². The maximum Gasteiger partial charge on any atom is 0.0572 e. The molecule has 0 aliphatic rings. The summed E-state index contributed by atoms with van der Waals surface area (Å²) in [6.07, 6.45) is 4.95. The van der Waals surface area contributed by atoms with Gasteiger partial charge in [-0.2, -0.15) is 11.8 Å². The van der Waals surface area contributed by atoms with Gasteiger partial charge in [-0.3, -0.25) is 4.98 Å². The van der Waals surface area contributed by atoms with Crippen molar-refractivity contribution in [3.63, 3.8) is 0 Å². The molecule has 3 nitrogen and oxygen atoms in total. The van der Waals surface area contributed by atoms with Crippen LogP contribution in [0, 0.1) is 0 Å². The van der Waals surface area contributed by atoms with Crippen molar-refractivity contribution >= 4 is 17.4 Å². The summed E-state index contributed by atoms with van der Waals surface area (Å²) in [6.45, 7) is 3.12. The van der Waals surface area contributed by atoms with Crippen LogP contribution in [0.25, 0.3) is 0 Å². The van der Waals surface area contributed by atoms with Gasteiger partial charge in [-0.05, 0) is 24.8 Å². The minimum Gasteiger partial charge on any atom is -0.373 e. The van der Waals surface area contributed by atoms with Crippen molar-refractivity contribution in [2.45, 2.75) is 19.4 Å². The lowest BCUT2D eigenvalue weighted by molar-refractivity contribution is 0.675. The molecule has 0 saturated heterocycles. The molecule has 1 aromatic heterocycles. The molecule has 1 atom stereocenters. The van der Waals surface area contributed by atoms with Crippen molar-refractivity contribution in [3.05, 3.63) is 24.0 Å². The van der Waals surface area contributed by atoms with E-state index in [1.165, 1.54) is 0 Å². The van der Waals surface area contributed by atoms with Crippen LogP contribution >= 0.6 is 11.8 Å². The quantitative estimate of drug-likeness (QED) is 0.827. The zero-order chi connectivity index (χ0) is 12.0. The second-order valence-corrected chi connectivity index (χ2v) is 4.86. The molecule has 0 bridgehead atoms. The summed E-state index contributed by atoms with van der Waals surface area (Å²) < 4.78 is 0. The number of aromatic nitrogens is 1. The van der Waals surface area contributed by atoms with Gasteiger partial charge in [-0.25, -0.2) is 0 Å². The van der Waals surface area contributed by atoms with Crippen molar-refractivity contribution in [2.24, 2.45) is 5.73 Å². The summed E-state index contributed by atoms with van der Waals surface area (Å²) in [5, 5.41) is 0. The Balaban J connectivity index is 2.63. The van der Waals surface area contributed by atoms with E-state index in [4.69, 9.17) is 5.73 Å². The minimum atomic E-state index is 0.0607. The van der Waals surface area contributed by atoms with Gasteiger partial charge in [0.15, 0.2) is 0 Å². The van der Waals surface area contributed by atoms with Gasteiger partial charge in [0.1, 0.15) is 0 Å². The van der Waals surface area contributed by atoms with E-state index in [9.17, 15) is 0 Å². The van der Waals surface area contributed by atoms with Crippen LogP contribution in [0.3, 0.4) is 0 Å². The molecule has 0 amide bonds. The number of nitrogens with zero attached hydrogens (tertiary/aromatic N) is 2. The van der Waals surface area contributed by atoms with Crippen LogP contribution in [0.1, 0.15) is 25.1 Å². The summed E-state index contributed by atoms with van der Waals surface area (Å²) in [4.78, 5) is 6.62. The van der Waals surface area contributed by atoms with Crippen LogP contribution in [0.15, 0.2) is 18.3 Å². The fourth-order valence-corrected chi connectivity index (χ4v) is 1.87. The monoisotopic (exact) mass is 239 g/mol. The Morgan fingerprint density at radius 3 is 2.75 bits per heavy atom. The van der Waals surface area contributed by atoms with Crippen molar-refractivity contribution in [2.75, 3.05) is 30.5 Å². The zero-order valence-electron chi connectivity index (χ0n) is 10.3. The van der Waals surface area contributed by atoms with Crippen LogP contribution in [0.4, 0.5) is 5.69 Å². The average molecular weight is 239 g/mol. The summed E-state index contributed by atoms with van der Waals surface area (Å²) in [7, 11) is 2.09. The van der Waals surface area contributed by atoms with E-state index < -0.39 is 0 Å². The Kier molecular flexibility index (Phi) is 5.63. The molecule has 2 N–H and O–H groups in total. The van der Waals surface area contributed by atoms with Gasteiger partial charge in [0.05, 0.1) is 17.6 Å². The number of pyridine rings is 1. The van der Waals surface area contributed by atoms with Gasteiger partial charge in [-0.1, -0.05) is 6.92 Å². The fourth-order valence-electron chi connectivity index (χ4n) is 1.41. The highest BCUT2D eigenvalue weighted by molar-refractivity contribution is 7.98. The molecule has 0 saturated carbocycles. The molecular weight excluding hydrogens is 218 g/mol. The third-order valence-electron chi connectivity index (χ3n) is 2.66. The summed E-state index contributed by atoms with van der Waals surface area (Å²) in [6, 6.07) is 4.18. The number of hydrogen-bond donors (Lipinski definition) is 1. The molecule has 1 aromatic rings. The first-order valence-corrected chi connectivity index (χ1v) is 7.00. The van der Waals surface area contributed by atoms with Crippen molar-refractivity contribution in [1.82, 2.24) is 4.98 Å². The lowest BCUT2D eigenvalue weighted by Crippen LogP contribution is -2.20. The standard InChI is InChI=1S/C12H21N3S/c1-4-11(13)12-6-5-10(9-14-12)15(2)7-8-16-3/h5-6,9,11H,4,7-8,13H2,1-3H3/t11-/m1/s1. The maximum absolute atomic E-state index is 5.92. The highest BCUT2D eigenvalue weighted by Crippen LogP contribution is 2.16. The highest BCUT2D eigenvalue weighted by Gasteiger charge is 2.06. The summed E-state index contributed by atoms with van der Waals surface area (Å²) >= 11 is 1.85. The Hall–Kier alpha value is -0.740. The largest absolute Gasteiger partial charge is 0.373 e. The molecule has 1 heterocycles. The first-order valence-electron chi connectivity index (χ1n) is 5.60. The normalized spacial score (nSPS) is 12.5. The van der Waals surface area contributed by atoms with Gasteiger partial charge in [0.25, 0.3) is 0 Å². The maximum atomic E-state index is 5.92.